The van der Waals surface area contributed by atoms with Crippen LogP contribution in [0.1, 0.15) is 48.0 Å². The van der Waals surface area contributed by atoms with Gasteiger partial charge in [-0.05, 0) is 6.92 Å². The third kappa shape index (κ3) is 8.21. The second-order valence-electron chi connectivity index (χ2n) is 9.00. The summed E-state index contributed by atoms with van der Waals surface area (Å²) in [7, 11) is 4.48. The van der Waals surface area contributed by atoms with Crippen LogP contribution < -0.4 is 0 Å². The van der Waals surface area contributed by atoms with Crippen molar-refractivity contribution in [3.05, 3.63) is 23.8 Å². The van der Waals surface area contributed by atoms with Gasteiger partial charge in [0.1, 0.15) is 6.10 Å². The fraction of sp³-hybridized carbons (Fsp3) is 0.760. The Kier molecular flexibility index (Phi) is 12.3. The summed E-state index contributed by atoms with van der Waals surface area (Å²) in [4.78, 5) is 23.3. The lowest BCUT2D eigenvalue weighted by molar-refractivity contribution is -0.223. The molecule has 8 heteroatoms. The monoisotopic (exact) mass is 470 g/mol. The molecule has 33 heavy (non-hydrogen) atoms. The summed E-state index contributed by atoms with van der Waals surface area (Å²) in [5, 5.41) is 11.1. The van der Waals surface area contributed by atoms with Crippen LogP contribution in [0.2, 0.25) is 0 Å². The topological polar surface area (TPSA) is 101 Å². The van der Waals surface area contributed by atoms with E-state index in [0.29, 0.717) is 12.0 Å². The molecule has 0 spiro atoms. The van der Waals surface area contributed by atoms with Crippen LogP contribution in [0.25, 0.3) is 0 Å². The molecule has 8 atom stereocenters. The van der Waals surface area contributed by atoms with Gasteiger partial charge in [-0.1, -0.05) is 45.9 Å². The average Bonchev–Trinajstić information content (AvgIpc) is 2.79. The number of hydrogen-bond acceptors (Lipinski definition) is 8. The van der Waals surface area contributed by atoms with Gasteiger partial charge in [-0.2, -0.15) is 0 Å². The summed E-state index contributed by atoms with van der Waals surface area (Å²) in [6.07, 6.45) is 3.59. The van der Waals surface area contributed by atoms with Gasteiger partial charge < -0.3 is 28.8 Å². The van der Waals surface area contributed by atoms with E-state index < -0.39 is 18.4 Å². The van der Waals surface area contributed by atoms with Gasteiger partial charge in [0.25, 0.3) is 0 Å². The van der Waals surface area contributed by atoms with Gasteiger partial charge in [0.2, 0.25) is 0 Å². The van der Waals surface area contributed by atoms with Crippen molar-refractivity contribution >= 4 is 11.9 Å². The van der Waals surface area contributed by atoms with E-state index in [0.717, 1.165) is 0 Å². The summed E-state index contributed by atoms with van der Waals surface area (Å²) < 4.78 is 27.6. The highest BCUT2D eigenvalue weighted by molar-refractivity contribution is 5.87. The Morgan fingerprint density at radius 1 is 1.06 bits per heavy atom. The van der Waals surface area contributed by atoms with E-state index in [1.54, 1.807) is 33.3 Å². The molecule has 1 heterocycles. The van der Waals surface area contributed by atoms with Gasteiger partial charge in [-0.25, -0.2) is 4.79 Å². The molecule has 0 radical (unpaired) electrons. The number of allylic oxidation sites excluding steroid dienone is 2. The normalized spacial score (nSPS) is 29.1. The van der Waals surface area contributed by atoms with Gasteiger partial charge in [0.05, 0.1) is 25.4 Å². The van der Waals surface area contributed by atoms with Gasteiger partial charge in [-0.15, -0.1) is 0 Å². The smallest absolute Gasteiger partial charge is 0.333 e. The van der Waals surface area contributed by atoms with Crippen LogP contribution in [0.4, 0.5) is 0 Å². The molecule has 1 saturated heterocycles. The van der Waals surface area contributed by atoms with Crippen LogP contribution in [0.5, 0.6) is 0 Å². The van der Waals surface area contributed by atoms with Crippen molar-refractivity contribution in [1.29, 1.82) is 0 Å². The maximum Gasteiger partial charge on any atom is 0.333 e. The molecule has 190 valence electrons. The first-order chi connectivity index (χ1) is 15.5. The number of carbonyl (C=O) groups is 2. The molecule has 0 aromatic carbocycles. The minimum Gasteiger partial charge on any atom is -0.466 e. The molecule has 0 bridgehead atoms. The number of aliphatic hydroxyl groups excluding tert-OH is 1. The molecule has 0 aliphatic carbocycles. The number of methoxy groups -OCH3 is 3. The minimum atomic E-state index is -0.715. The Labute approximate surface area is 198 Å². The first-order valence-electron chi connectivity index (χ1n) is 11.5. The van der Waals surface area contributed by atoms with E-state index in [1.165, 1.54) is 14.0 Å². The Morgan fingerprint density at radius 2 is 1.67 bits per heavy atom. The molecule has 0 saturated carbocycles. The van der Waals surface area contributed by atoms with Gasteiger partial charge in [0.15, 0.2) is 6.29 Å². The first-order valence-corrected chi connectivity index (χ1v) is 11.5. The van der Waals surface area contributed by atoms with Crippen LogP contribution in [0.3, 0.4) is 0 Å². The van der Waals surface area contributed by atoms with E-state index in [4.69, 9.17) is 18.9 Å². The number of rotatable bonds is 11. The third-order valence-corrected chi connectivity index (χ3v) is 6.59. The van der Waals surface area contributed by atoms with Crippen molar-refractivity contribution in [3.63, 3.8) is 0 Å². The van der Waals surface area contributed by atoms with Crippen LogP contribution in [0, 0.1) is 23.7 Å². The van der Waals surface area contributed by atoms with Crippen LogP contribution in [-0.4, -0.2) is 69.1 Å². The second kappa shape index (κ2) is 13.8. The fourth-order valence-electron chi connectivity index (χ4n) is 4.48. The molecule has 1 N–H and O–H groups in total. The molecular formula is C25H42O8. The molecule has 8 unspecified atom stereocenters. The summed E-state index contributed by atoms with van der Waals surface area (Å²) >= 11 is 0. The van der Waals surface area contributed by atoms with Crippen molar-refractivity contribution in [2.45, 2.75) is 78.7 Å². The summed E-state index contributed by atoms with van der Waals surface area (Å²) in [6, 6.07) is 0. The SMILES string of the molecule is COC(=O)C(C)=CC=CC(C)C(O)C(C)C1OC(CC(OC)OC)C(C)C(OC(C)=O)C1C. The van der Waals surface area contributed by atoms with Gasteiger partial charge >= 0.3 is 11.9 Å². The predicted octanol–water partition coefficient (Wildman–Crippen LogP) is 3.28. The summed E-state index contributed by atoms with van der Waals surface area (Å²) in [6.45, 7) is 10.9. The molecule has 1 aliphatic rings. The number of hydrogen-bond donors (Lipinski definition) is 1. The Hall–Kier alpha value is -1.74. The van der Waals surface area contributed by atoms with Crippen LogP contribution in [0.15, 0.2) is 23.8 Å². The highest BCUT2D eigenvalue weighted by Gasteiger charge is 2.47. The zero-order valence-electron chi connectivity index (χ0n) is 21.4. The van der Waals surface area contributed by atoms with Crippen molar-refractivity contribution in [3.8, 4) is 0 Å². The van der Waals surface area contributed by atoms with Crippen LogP contribution in [-0.2, 0) is 33.3 Å². The zero-order valence-corrected chi connectivity index (χ0v) is 21.4. The molecule has 1 aliphatic heterocycles. The highest BCUT2D eigenvalue weighted by atomic mass is 16.7. The number of carbonyl (C=O) groups excluding carboxylic acids is 2. The Morgan fingerprint density at radius 3 is 2.18 bits per heavy atom. The first kappa shape index (κ1) is 29.3. The van der Waals surface area contributed by atoms with E-state index in [1.807, 2.05) is 33.8 Å². The Bertz CT molecular complexity index is 684. The molecule has 1 fully saturated rings. The minimum absolute atomic E-state index is 0.0685. The number of ether oxygens (including phenoxy) is 5. The highest BCUT2D eigenvalue weighted by Crippen LogP contribution is 2.39. The van der Waals surface area contributed by atoms with Crippen molar-refractivity contribution in [1.82, 2.24) is 0 Å². The molecule has 0 amide bonds. The van der Waals surface area contributed by atoms with Gasteiger partial charge in [0, 0.05) is 56.8 Å². The standard InChI is InChI=1S/C25H42O8/c1-14(11-10-12-15(2)25(28)31-9)22(27)17(4)24-18(5)23(32-19(6)26)16(3)20(33-24)13-21(29-7)30-8/h10-12,14,16-18,20-24,27H,13H2,1-9H3. The third-order valence-electron chi connectivity index (χ3n) is 6.59. The summed E-state index contributed by atoms with van der Waals surface area (Å²) in [5.41, 5.74) is 0.472. The maximum atomic E-state index is 11.8. The molecule has 0 aromatic rings. The van der Waals surface area contributed by atoms with Crippen LogP contribution >= 0.6 is 0 Å². The quantitative estimate of drug-likeness (QED) is 0.213. The van der Waals surface area contributed by atoms with E-state index in [-0.39, 0.29) is 48.0 Å². The van der Waals surface area contributed by atoms with E-state index in [9.17, 15) is 14.7 Å². The molecule has 8 nitrogen and oxygen atoms in total. The Balaban J connectivity index is 3.04. The largest absolute Gasteiger partial charge is 0.466 e. The number of esters is 2. The predicted molar refractivity (Wildman–Crippen MR) is 124 cm³/mol. The van der Waals surface area contributed by atoms with E-state index in [2.05, 4.69) is 4.74 Å². The molecule has 1 rings (SSSR count). The van der Waals surface area contributed by atoms with Crippen molar-refractivity contribution in [2.24, 2.45) is 23.7 Å². The number of aliphatic hydroxyl groups is 1. The van der Waals surface area contributed by atoms with E-state index >= 15 is 0 Å². The lowest BCUT2D eigenvalue weighted by Crippen LogP contribution is -2.55. The summed E-state index contributed by atoms with van der Waals surface area (Å²) in [5.74, 6) is -1.37. The lowest BCUT2D eigenvalue weighted by atomic mass is 9.75. The fourth-order valence-corrected chi connectivity index (χ4v) is 4.48. The maximum absolute atomic E-state index is 11.8. The van der Waals surface area contributed by atoms with Crippen molar-refractivity contribution < 1.29 is 38.4 Å². The lowest BCUT2D eigenvalue weighted by Gasteiger charge is -2.47. The zero-order chi connectivity index (χ0) is 25.3. The average molecular weight is 471 g/mol. The van der Waals surface area contributed by atoms with Gasteiger partial charge in [-0.3, -0.25) is 4.79 Å². The second-order valence-corrected chi connectivity index (χ2v) is 9.00. The van der Waals surface area contributed by atoms with Crippen molar-refractivity contribution in [2.75, 3.05) is 21.3 Å². The molecular weight excluding hydrogens is 428 g/mol. The molecule has 0 aromatic heterocycles.